The number of carbonyl (C=O) groups is 1. The summed E-state index contributed by atoms with van der Waals surface area (Å²) in [6, 6.07) is 8.00. The largest absolute Gasteiger partial charge is 0.324 e. The molecular formula is C13H18N2OS. The molecule has 2 rings (SSSR count). The Hall–Kier alpha value is -1.00. The van der Waals surface area contributed by atoms with E-state index in [-0.39, 0.29) is 16.7 Å². The maximum Gasteiger partial charge on any atom is 0.240 e. The van der Waals surface area contributed by atoms with Crippen molar-refractivity contribution in [1.29, 1.82) is 0 Å². The molecule has 1 heterocycles. The second kappa shape index (κ2) is 4.35. The molecule has 1 aliphatic rings. The van der Waals surface area contributed by atoms with Crippen molar-refractivity contribution in [2.24, 2.45) is 5.73 Å². The zero-order valence-electron chi connectivity index (χ0n) is 10.4. The molecule has 0 bridgehead atoms. The lowest BCUT2D eigenvalue weighted by Gasteiger charge is -2.36. The summed E-state index contributed by atoms with van der Waals surface area (Å²) in [5.74, 6) is 0.146. The molecule has 0 saturated carbocycles. The van der Waals surface area contributed by atoms with Gasteiger partial charge in [0.15, 0.2) is 0 Å². The standard InChI is InChI=1S/C13H18N2OS/c1-9-12(16)15(8-13(2,3)14)10-6-4-5-7-11(10)17-9/h4-7,9H,8,14H2,1-3H3. The van der Waals surface area contributed by atoms with Crippen molar-refractivity contribution < 1.29 is 4.79 Å². The van der Waals surface area contributed by atoms with Gasteiger partial charge in [0.2, 0.25) is 5.91 Å². The summed E-state index contributed by atoms with van der Waals surface area (Å²) >= 11 is 1.62. The predicted molar refractivity (Wildman–Crippen MR) is 72.4 cm³/mol. The SMILES string of the molecule is CC1Sc2ccccc2N(CC(C)(C)N)C1=O. The second-order valence-corrected chi connectivity index (χ2v) is 6.52. The minimum absolute atomic E-state index is 0.0350. The van der Waals surface area contributed by atoms with Crippen LogP contribution in [0, 0.1) is 0 Å². The van der Waals surface area contributed by atoms with E-state index >= 15 is 0 Å². The van der Waals surface area contributed by atoms with E-state index in [4.69, 9.17) is 5.73 Å². The quantitative estimate of drug-likeness (QED) is 0.875. The van der Waals surface area contributed by atoms with Crippen molar-refractivity contribution in [3.8, 4) is 0 Å². The van der Waals surface area contributed by atoms with Crippen LogP contribution < -0.4 is 10.6 Å². The van der Waals surface area contributed by atoms with E-state index < -0.39 is 0 Å². The van der Waals surface area contributed by atoms with E-state index in [1.54, 1.807) is 11.8 Å². The molecule has 0 radical (unpaired) electrons. The third kappa shape index (κ3) is 2.64. The molecule has 0 saturated heterocycles. The van der Waals surface area contributed by atoms with Gasteiger partial charge in [-0.2, -0.15) is 0 Å². The molecule has 1 aliphatic heterocycles. The zero-order valence-corrected chi connectivity index (χ0v) is 11.3. The highest BCUT2D eigenvalue weighted by atomic mass is 32.2. The summed E-state index contributed by atoms with van der Waals surface area (Å²) in [5, 5.41) is -0.0350. The van der Waals surface area contributed by atoms with Crippen LogP contribution in [0.25, 0.3) is 0 Å². The lowest BCUT2D eigenvalue weighted by atomic mass is 10.1. The number of anilines is 1. The first-order chi connectivity index (χ1) is 7.88. The van der Waals surface area contributed by atoms with Crippen LogP contribution >= 0.6 is 11.8 Å². The number of hydrogen-bond acceptors (Lipinski definition) is 3. The topological polar surface area (TPSA) is 46.3 Å². The average Bonchev–Trinajstić information content (AvgIpc) is 2.23. The summed E-state index contributed by atoms with van der Waals surface area (Å²) in [4.78, 5) is 15.2. The summed E-state index contributed by atoms with van der Waals surface area (Å²) in [5.41, 5.74) is 6.63. The summed E-state index contributed by atoms with van der Waals surface area (Å²) in [7, 11) is 0. The van der Waals surface area contributed by atoms with E-state index in [1.165, 1.54) is 0 Å². The molecule has 1 unspecified atom stereocenters. The van der Waals surface area contributed by atoms with Gasteiger partial charge in [-0.1, -0.05) is 12.1 Å². The van der Waals surface area contributed by atoms with Crippen LogP contribution in [0.15, 0.2) is 29.2 Å². The van der Waals surface area contributed by atoms with Gasteiger partial charge < -0.3 is 10.6 Å². The molecule has 1 amide bonds. The summed E-state index contributed by atoms with van der Waals surface area (Å²) < 4.78 is 0. The third-order valence-corrected chi connectivity index (χ3v) is 3.79. The number of amides is 1. The van der Waals surface area contributed by atoms with Gasteiger partial charge in [-0.25, -0.2) is 0 Å². The van der Waals surface area contributed by atoms with Crippen LogP contribution in [-0.4, -0.2) is 23.2 Å². The minimum Gasteiger partial charge on any atom is -0.324 e. The molecule has 1 aromatic rings. The number of thioether (sulfide) groups is 1. The smallest absolute Gasteiger partial charge is 0.240 e. The van der Waals surface area contributed by atoms with Gasteiger partial charge in [-0.05, 0) is 32.9 Å². The van der Waals surface area contributed by atoms with Crippen LogP contribution in [0.5, 0.6) is 0 Å². The maximum atomic E-state index is 12.2. The molecule has 92 valence electrons. The summed E-state index contributed by atoms with van der Waals surface area (Å²) in [6.45, 7) is 6.37. The monoisotopic (exact) mass is 250 g/mol. The molecular weight excluding hydrogens is 232 g/mol. The molecule has 0 spiro atoms. The Morgan fingerprint density at radius 1 is 1.41 bits per heavy atom. The molecule has 2 N–H and O–H groups in total. The Labute approximate surface area is 106 Å². The molecule has 1 atom stereocenters. The van der Waals surface area contributed by atoms with Crippen molar-refractivity contribution in [1.82, 2.24) is 0 Å². The van der Waals surface area contributed by atoms with Crippen LogP contribution in [-0.2, 0) is 4.79 Å². The zero-order chi connectivity index (χ0) is 12.6. The van der Waals surface area contributed by atoms with Crippen molar-refractivity contribution in [2.45, 2.75) is 36.5 Å². The van der Waals surface area contributed by atoms with Crippen molar-refractivity contribution in [3.05, 3.63) is 24.3 Å². The lowest BCUT2D eigenvalue weighted by molar-refractivity contribution is -0.118. The Bertz CT molecular complexity index is 439. The molecule has 1 aromatic carbocycles. The van der Waals surface area contributed by atoms with E-state index in [1.807, 2.05) is 43.9 Å². The number of carbonyl (C=O) groups excluding carboxylic acids is 1. The number of nitrogens with zero attached hydrogens (tertiary/aromatic N) is 1. The van der Waals surface area contributed by atoms with Crippen molar-refractivity contribution in [2.75, 3.05) is 11.4 Å². The van der Waals surface area contributed by atoms with Crippen molar-refractivity contribution in [3.63, 3.8) is 0 Å². The number of fused-ring (bicyclic) bond motifs is 1. The van der Waals surface area contributed by atoms with Gasteiger partial charge in [0.25, 0.3) is 0 Å². The van der Waals surface area contributed by atoms with Crippen LogP contribution in [0.2, 0.25) is 0 Å². The second-order valence-electron chi connectivity index (χ2n) is 5.14. The van der Waals surface area contributed by atoms with Crippen LogP contribution in [0.4, 0.5) is 5.69 Å². The highest BCUT2D eigenvalue weighted by molar-refractivity contribution is 8.00. The van der Waals surface area contributed by atoms with E-state index in [2.05, 4.69) is 6.07 Å². The number of hydrogen-bond donors (Lipinski definition) is 1. The van der Waals surface area contributed by atoms with E-state index in [9.17, 15) is 4.79 Å². The Kier molecular flexibility index (Phi) is 3.19. The first-order valence-electron chi connectivity index (χ1n) is 5.74. The number of rotatable bonds is 2. The van der Waals surface area contributed by atoms with Crippen molar-refractivity contribution >= 4 is 23.4 Å². The highest BCUT2D eigenvalue weighted by Crippen LogP contribution is 2.39. The number of nitrogens with two attached hydrogens (primary N) is 1. The van der Waals surface area contributed by atoms with Gasteiger partial charge in [-0.3, -0.25) is 4.79 Å². The average molecular weight is 250 g/mol. The fourth-order valence-electron chi connectivity index (χ4n) is 1.93. The van der Waals surface area contributed by atoms with Gasteiger partial charge in [0.05, 0.1) is 10.9 Å². The van der Waals surface area contributed by atoms with Crippen LogP contribution in [0.1, 0.15) is 20.8 Å². The van der Waals surface area contributed by atoms with E-state index in [0.717, 1.165) is 10.6 Å². The number of benzene rings is 1. The van der Waals surface area contributed by atoms with E-state index in [0.29, 0.717) is 6.54 Å². The minimum atomic E-state index is -0.384. The molecule has 0 fully saturated rings. The molecule has 4 heteroatoms. The van der Waals surface area contributed by atoms with Crippen LogP contribution in [0.3, 0.4) is 0 Å². The van der Waals surface area contributed by atoms with Gasteiger partial charge >= 0.3 is 0 Å². The number of para-hydroxylation sites is 1. The summed E-state index contributed by atoms with van der Waals surface area (Å²) in [6.07, 6.45) is 0. The molecule has 3 nitrogen and oxygen atoms in total. The molecule has 0 aromatic heterocycles. The Morgan fingerprint density at radius 3 is 2.71 bits per heavy atom. The Balaban J connectivity index is 2.39. The van der Waals surface area contributed by atoms with Gasteiger partial charge in [0, 0.05) is 17.0 Å². The fraction of sp³-hybridized carbons (Fsp3) is 0.462. The van der Waals surface area contributed by atoms with Gasteiger partial charge in [0.1, 0.15) is 0 Å². The Morgan fingerprint density at radius 2 is 2.06 bits per heavy atom. The molecule has 17 heavy (non-hydrogen) atoms. The predicted octanol–water partition coefficient (Wildman–Crippen LogP) is 2.25. The third-order valence-electron chi connectivity index (χ3n) is 2.64. The first-order valence-corrected chi connectivity index (χ1v) is 6.62. The lowest BCUT2D eigenvalue weighted by Crippen LogP contribution is -2.51. The fourth-order valence-corrected chi connectivity index (χ4v) is 2.99. The first kappa shape index (κ1) is 12.5. The normalized spacial score (nSPS) is 20.4. The van der Waals surface area contributed by atoms with Gasteiger partial charge in [-0.15, -0.1) is 11.8 Å². The molecule has 0 aliphatic carbocycles. The maximum absolute atomic E-state index is 12.2. The highest BCUT2D eigenvalue weighted by Gasteiger charge is 2.32.